The second-order valence-electron chi connectivity index (χ2n) is 5.46. The Balaban J connectivity index is 1.90. The van der Waals surface area contributed by atoms with E-state index in [0.717, 1.165) is 41.5 Å². The lowest BCUT2D eigenvalue weighted by molar-refractivity contribution is -0.122. The fourth-order valence-electron chi connectivity index (χ4n) is 2.59. The standard InChI is InChI=1S/C16H23NOS2/c1-2-3-4-8-11-17-15(18)14(20-16(17)19)12-13-9-6-5-7-10-13/h5-6,12-13H,2-4,7-11H2,1H3/b14-12-. The molecule has 0 spiro atoms. The van der Waals surface area contributed by atoms with Gasteiger partial charge in [0.2, 0.25) is 0 Å². The molecule has 110 valence electrons. The molecule has 1 atom stereocenters. The fourth-order valence-corrected chi connectivity index (χ4v) is 3.96. The lowest BCUT2D eigenvalue weighted by Gasteiger charge is -2.15. The van der Waals surface area contributed by atoms with Gasteiger partial charge in [0.05, 0.1) is 4.91 Å². The van der Waals surface area contributed by atoms with Gasteiger partial charge in [-0.1, -0.05) is 68.4 Å². The van der Waals surface area contributed by atoms with Crippen LogP contribution in [0.5, 0.6) is 0 Å². The molecule has 1 unspecified atom stereocenters. The normalized spacial score (nSPS) is 24.9. The van der Waals surface area contributed by atoms with Crippen LogP contribution in [0.3, 0.4) is 0 Å². The molecule has 20 heavy (non-hydrogen) atoms. The van der Waals surface area contributed by atoms with Crippen LogP contribution < -0.4 is 0 Å². The topological polar surface area (TPSA) is 20.3 Å². The van der Waals surface area contributed by atoms with Crippen LogP contribution in [0, 0.1) is 5.92 Å². The van der Waals surface area contributed by atoms with Gasteiger partial charge in [-0.3, -0.25) is 9.69 Å². The maximum Gasteiger partial charge on any atom is 0.265 e. The van der Waals surface area contributed by atoms with E-state index in [1.165, 1.54) is 31.0 Å². The van der Waals surface area contributed by atoms with E-state index in [2.05, 4.69) is 25.2 Å². The molecule has 0 saturated carbocycles. The number of nitrogens with zero attached hydrogens (tertiary/aromatic N) is 1. The number of hydrogen-bond acceptors (Lipinski definition) is 3. The number of thioether (sulfide) groups is 1. The summed E-state index contributed by atoms with van der Waals surface area (Å²) in [6.45, 7) is 2.98. The smallest absolute Gasteiger partial charge is 0.265 e. The number of allylic oxidation sites excluding steroid dienone is 3. The zero-order valence-corrected chi connectivity index (χ0v) is 13.8. The van der Waals surface area contributed by atoms with Gasteiger partial charge in [0, 0.05) is 6.54 Å². The molecule has 2 rings (SSSR count). The number of amides is 1. The van der Waals surface area contributed by atoms with Crippen LogP contribution in [-0.4, -0.2) is 21.7 Å². The SMILES string of the molecule is CCCCCCN1C(=O)/C(=C/C2CC=CCC2)SC1=S. The molecule has 0 N–H and O–H groups in total. The van der Waals surface area contributed by atoms with Crippen molar-refractivity contribution in [3.63, 3.8) is 0 Å². The van der Waals surface area contributed by atoms with E-state index in [9.17, 15) is 4.79 Å². The molecule has 0 aromatic carbocycles. The van der Waals surface area contributed by atoms with Crippen LogP contribution in [0.1, 0.15) is 51.9 Å². The maximum atomic E-state index is 12.4. The summed E-state index contributed by atoms with van der Waals surface area (Å²) in [5.74, 6) is 0.639. The first-order valence-electron chi connectivity index (χ1n) is 7.63. The predicted molar refractivity (Wildman–Crippen MR) is 90.6 cm³/mol. The Hall–Kier alpha value is -0.610. The highest BCUT2D eigenvalue weighted by Crippen LogP contribution is 2.34. The van der Waals surface area contributed by atoms with E-state index >= 15 is 0 Å². The van der Waals surface area contributed by atoms with Crippen LogP contribution >= 0.6 is 24.0 Å². The summed E-state index contributed by atoms with van der Waals surface area (Å²) >= 11 is 6.84. The van der Waals surface area contributed by atoms with Gasteiger partial charge in [-0.25, -0.2) is 0 Å². The zero-order valence-electron chi connectivity index (χ0n) is 12.1. The summed E-state index contributed by atoms with van der Waals surface area (Å²) in [6, 6.07) is 0. The molecule has 4 heteroatoms. The Morgan fingerprint density at radius 2 is 2.25 bits per heavy atom. The summed E-state index contributed by atoms with van der Waals surface area (Å²) in [4.78, 5) is 15.0. The Bertz CT molecular complexity index is 428. The minimum Gasteiger partial charge on any atom is -0.293 e. The molecule has 1 aliphatic heterocycles. The Labute approximate surface area is 131 Å². The van der Waals surface area contributed by atoms with Crippen LogP contribution in [0.4, 0.5) is 0 Å². The van der Waals surface area contributed by atoms with Gasteiger partial charge >= 0.3 is 0 Å². The third-order valence-corrected chi connectivity index (χ3v) is 5.20. The van der Waals surface area contributed by atoms with Crippen molar-refractivity contribution >= 4 is 34.2 Å². The Morgan fingerprint density at radius 1 is 1.40 bits per heavy atom. The van der Waals surface area contributed by atoms with Gasteiger partial charge in [0.1, 0.15) is 4.32 Å². The number of carbonyl (C=O) groups excluding carboxylic acids is 1. The first-order chi connectivity index (χ1) is 9.72. The van der Waals surface area contributed by atoms with Gasteiger partial charge in [0.15, 0.2) is 0 Å². The van der Waals surface area contributed by atoms with Crippen LogP contribution in [0.15, 0.2) is 23.1 Å². The molecular formula is C16H23NOS2. The van der Waals surface area contributed by atoms with Crippen molar-refractivity contribution in [3.05, 3.63) is 23.1 Å². The molecule has 0 aromatic rings. The van der Waals surface area contributed by atoms with E-state index in [4.69, 9.17) is 12.2 Å². The van der Waals surface area contributed by atoms with Gasteiger partial charge in [-0.2, -0.15) is 0 Å². The fraction of sp³-hybridized carbons (Fsp3) is 0.625. The third kappa shape index (κ3) is 4.19. The number of unbranched alkanes of at least 4 members (excludes halogenated alkanes) is 3. The highest BCUT2D eigenvalue weighted by molar-refractivity contribution is 8.26. The molecule has 0 aromatic heterocycles. The molecule has 1 amide bonds. The van der Waals surface area contributed by atoms with E-state index in [1.54, 1.807) is 4.90 Å². The van der Waals surface area contributed by atoms with Crippen LogP contribution in [0.25, 0.3) is 0 Å². The Morgan fingerprint density at radius 3 is 2.95 bits per heavy atom. The van der Waals surface area contributed by atoms with Gasteiger partial charge < -0.3 is 0 Å². The number of carbonyl (C=O) groups is 1. The summed E-state index contributed by atoms with van der Waals surface area (Å²) in [7, 11) is 0. The minimum absolute atomic E-state index is 0.131. The first kappa shape index (κ1) is 15.8. The van der Waals surface area contributed by atoms with Crippen molar-refractivity contribution in [1.82, 2.24) is 4.90 Å². The molecule has 0 bridgehead atoms. The van der Waals surface area contributed by atoms with E-state index in [0.29, 0.717) is 5.92 Å². The largest absolute Gasteiger partial charge is 0.293 e. The quantitative estimate of drug-likeness (QED) is 0.308. The molecule has 1 heterocycles. The predicted octanol–water partition coefficient (Wildman–Crippen LogP) is 4.67. The van der Waals surface area contributed by atoms with Crippen molar-refractivity contribution < 1.29 is 4.79 Å². The summed E-state index contributed by atoms with van der Waals surface area (Å²) in [5, 5.41) is 0. The summed E-state index contributed by atoms with van der Waals surface area (Å²) in [5.41, 5.74) is 0. The van der Waals surface area contributed by atoms with Crippen molar-refractivity contribution in [3.8, 4) is 0 Å². The second-order valence-corrected chi connectivity index (χ2v) is 7.14. The molecule has 1 saturated heterocycles. The zero-order chi connectivity index (χ0) is 14.4. The second kappa shape index (κ2) is 7.99. The molecule has 2 aliphatic rings. The lowest BCUT2D eigenvalue weighted by atomic mass is 9.94. The monoisotopic (exact) mass is 309 g/mol. The lowest BCUT2D eigenvalue weighted by Crippen LogP contribution is -2.29. The van der Waals surface area contributed by atoms with Crippen LogP contribution in [-0.2, 0) is 4.79 Å². The highest BCUT2D eigenvalue weighted by atomic mass is 32.2. The summed E-state index contributed by atoms with van der Waals surface area (Å²) in [6.07, 6.45) is 14.6. The average molecular weight is 310 g/mol. The van der Waals surface area contributed by atoms with E-state index in [-0.39, 0.29) is 5.91 Å². The third-order valence-electron chi connectivity index (χ3n) is 3.81. The Kier molecular flexibility index (Phi) is 6.30. The molecular weight excluding hydrogens is 286 g/mol. The molecule has 2 nitrogen and oxygen atoms in total. The number of thiocarbonyl (C=S) groups is 1. The summed E-state index contributed by atoms with van der Waals surface area (Å²) < 4.78 is 0.740. The van der Waals surface area contributed by atoms with Crippen molar-refractivity contribution in [2.45, 2.75) is 51.9 Å². The minimum atomic E-state index is 0.131. The first-order valence-corrected chi connectivity index (χ1v) is 8.85. The maximum absolute atomic E-state index is 12.4. The highest BCUT2D eigenvalue weighted by Gasteiger charge is 2.31. The van der Waals surface area contributed by atoms with E-state index < -0.39 is 0 Å². The number of rotatable bonds is 6. The molecule has 1 fully saturated rings. The van der Waals surface area contributed by atoms with Crippen LogP contribution in [0.2, 0.25) is 0 Å². The molecule has 1 aliphatic carbocycles. The molecule has 0 radical (unpaired) electrons. The van der Waals surface area contributed by atoms with E-state index in [1.807, 2.05) is 0 Å². The number of hydrogen-bond donors (Lipinski definition) is 0. The van der Waals surface area contributed by atoms with Gasteiger partial charge in [-0.15, -0.1) is 0 Å². The van der Waals surface area contributed by atoms with Gasteiger partial charge in [0.25, 0.3) is 5.91 Å². The van der Waals surface area contributed by atoms with Crippen molar-refractivity contribution in [2.24, 2.45) is 5.92 Å². The van der Waals surface area contributed by atoms with Crippen molar-refractivity contribution in [2.75, 3.05) is 6.54 Å². The van der Waals surface area contributed by atoms with Crippen molar-refractivity contribution in [1.29, 1.82) is 0 Å². The average Bonchev–Trinajstić information content (AvgIpc) is 2.72. The van der Waals surface area contributed by atoms with Gasteiger partial charge in [-0.05, 0) is 31.6 Å².